The van der Waals surface area contributed by atoms with Gasteiger partial charge < -0.3 is 10.3 Å². The van der Waals surface area contributed by atoms with Crippen molar-refractivity contribution in [2.45, 2.75) is 40.2 Å². The maximum atomic E-state index is 12.3. The number of carbonyl (C=O) groups is 1. The van der Waals surface area contributed by atoms with Crippen LogP contribution in [0.5, 0.6) is 0 Å². The molecule has 0 atom stereocenters. The molecule has 134 valence electrons. The average Bonchev–Trinajstić information content (AvgIpc) is 2.59. The number of aryl methyl sites for hydroxylation is 4. The van der Waals surface area contributed by atoms with Gasteiger partial charge in [-0.3, -0.25) is 9.59 Å². The van der Waals surface area contributed by atoms with Gasteiger partial charge in [-0.2, -0.15) is 0 Å². The van der Waals surface area contributed by atoms with E-state index in [9.17, 15) is 9.59 Å². The molecule has 4 heteroatoms. The Bertz CT molecular complexity index is 1020. The van der Waals surface area contributed by atoms with Gasteiger partial charge in [0.25, 0.3) is 5.56 Å². The molecule has 2 N–H and O–H groups in total. The first-order valence-corrected chi connectivity index (χ1v) is 8.88. The fourth-order valence-electron chi connectivity index (χ4n) is 3.28. The summed E-state index contributed by atoms with van der Waals surface area (Å²) in [5.41, 5.74) is 5.86. The van der Waals surface area contributed by atoms with Gasteiger partial charge in [-0.25, -0.2) is 0 Å². The first kappa shape index (κ1) is 17.9. The number of amides is 1. The minimum absolute atomic E-state index is 0.0496. The van der Waals surface area contributed by atoms with E-state index < -0.39 is 0 Å². The molecule has 0 radical (unpaired) electrons. The molecule has 4 nitrogen and oxygen atoms in total. The standard InChI is InChI=1S/C22H24N2O2/c1-14-5-4-6-17(10-14)13-23-20(25)8-7-18-12-19-11-15(2)9-16(3)21(19)24-22(18)26/h4-6,9-12H,7-8,13H2,1-3H3,(H,23,25)(H,24,26). The molecule has 0 aliphatic carbocycles. The van der Waals surface area contributed by atoms with Crippen LogP contribution in [0.1, 0.15) is 34.2 Å². The predicted octanol–water partition coefficient (Wildman–Crippen LogP) is 3.70. The number of hydrogen-bond donors (Lipinski definition) is 2. The topological polar surface area (TPSA) is 62.0 Å². The average molecular weight is 348 g/mol. The molecule has 0 aliphatic heterocycles. The number of nitrogens with one attached hydrogen (secondary N) is 2. The van der Waals surface area contributed by atoms with Crippen molar-refractivity contribution in [2.75, 3.05) is 0 Å². The van der Waals surface area contributed by atoms with E-state index in [-0.39, 0.29) is 11.5 Å². The Kier molecular flexibility index (Phi) is 5.21. The number of rotatable bonds is 5. The first-order valence-electron chi connectivity index (χ1n) is 8.88. The molecule has 3 rings (SSSR count). The maximum Gasteiger partial charge on any atom is 0.251 e. The fourth-order valence-corrected chi connectivity index (χ4v) is 3.28. The van der Waals surface area contributed by atoms with E-state index in [1.54, 1.807) is 0 Å². The number of fused-ring (bicyclic) bond motifs is 1. The van der Waals surface area contributed by atoms with Gasteiger partial charge in [-0.05, 0) is 55.8 Å². The van der Waals surface area contributed by atoms with E-state index in [0.29, 0.717) is 24.9 Å². The summed E-state index contributed by atoms with van der Waals surface area (Å²) in [6.45, 7) is 6.56. The van der Waals surface area contributed by atoms with Crippen LogP contribution in [-0.4, -0.2) is 10.9 Å². The zero-order valence-electron chi connectivity index (χ0n) is 15.5. The Labute approximate surface area is 153 Å². The van der Waals surface area contributed by atoms with Gasteiger partial charge in [-0.15, -0.1) is 0 Å². The number of H-pyrrole nitrogens is 1. The molecule has 1 amide bonds. The van der Waals surface area contributed by atoms with E-state index in [0.717, 1.165) is 27.6 Å². The number of carbonyl (C=O) groups excluding carboxylic acids is 1. The molecule has 0 unspecified atom stereocenters. The van der Waals surface area contributed by atoms with Crippen molar-refractivity contribution in [1.29, 1.82) is 0 Å². The third-order valence-corrected chi connectivity index (χ3v) is 4.56. The van der Waals surface area contributed by atoms with E-state index in [4.69, 9.17) is 0 Å². The van der Waals surface area contributed by atoms with Crippen molar-refractivity contribution in [3.8, 4) is 0 Å². The molecule has 0 aliphatic rings. The van der Waals surface area contributed by atoms with E-state index in [1.165, 1.54) is 5.56 Å². The highest BCUT2D eigenvalue weighted by Crippen LogP contribution is 2.18. The third kappa shape index (κ3) is 4.20. The first-order chi connectivity index (χ1) is 12.4. The highest BCUT2D eigenvalue weighted by atomic mass is 16.1. The van der Waals surface area contributed by atoms with E-state index >= 15 is 0 Å². The Balaban J connectivity index is 1.66. The predicted molar refractivity (Wildman–Crippen MR) is 105 cm³/mol. The minimum Gasteiger partial charge on any atom is -0.352 e. The van der Waals surface area contributed by atoms with Crippen LogP contribution in [0.2, 0.25) is 0 Å². The normalized spacial score (nSPS) is 10.9. The third-order valence-electron chi connectivity index (χ3n) is 4.56. The molecule has 0 bridgehead atoms. The lowest BCUT2D eigenvalue weighted by Gasteiger charge is -2.08. The smallest absolute Gasteiger partial charge is 0.251 e. The van der Waals surface area contributed by atoms with Gasteiger partial charge in [0.1, 0.15) is 0 Å². The number of aromatic nitrogens is 1. The number of hydrogen-bond acceptors (Lipinski definition) is 2. The van der Waals surface area contributed by atoms with Gasteiger partial charge in [0, 0.05) is 18.5 Å². The van der Waals surface area contributed by atoms with Crippen molar-refractivity contribution in [2.24, 2.45) is 0 Å². The zero-order chi connectivity index (χ0) is 18.7. The van der Waals surface area contributed by atoms with Crippen LogP contribution < -0.4 is 10.9 Å². The van der Waals surface area contributed by atoms with Crippen LogP contribution in [0.4, 0.5) is 0 Å². The summed E-state index contributed by atoms with van der Waals surface area (Å²) in [7, 11) is 0. The van der Waals surface area contributed by atoms with Crippen LogP contribution >= 0.6 is 0 Å². The number of pyridine rings is 1. The molecule has 0 saturated heterocycles. The van der Waals surface area contributed by atoms with Gasteiger partial charge in [0.05, 0.1) is 5.52 Å². The van der Waals surface area contributed by atoms with Gasteiger partial charge in [0.15, 0.2) is 0 Å². The van der Waals surface area contributed by atoms with Crippen molar-refractivity contribution in [1.82, 2.24) is 10.3 Å². The van der Waals surface area contributed by atoms with Crippen LogP contribution in [0.15, 0.2) is 47.3 Å². The second-order valence-electron chi connectivity index (χ2n) is 6.94. The van der Waals surface area contributed by atoms with Crippen LogP contribution in [-0.2, 0) is 17.8 Å². The largest absolute Gasteiger partial charge is 0.352 e. The highest BCUT2D eigenvalue weighted by Gasteiger charge is 2.08. The Morgan fingerprint density at radius 2 is 1.85 bits per heavy atom. The Morgan fingerprint density at radius 1 is 1.04 bits per heavy atom. The molecule has 1 aromatic heterocycles. The van der Waals surface area contributed by atoms with Crippen molar-refractivity contribution in [3.05, 3.63) is 80.6 Å². The lowest BCUT2D eigenvalue weighted by Crippen LogP contribution is -2.24. The lowest BCUT2D eigenvalue weighted by molar-refractivity contribution is -0.121. The Hall–Kier alpha value is -2.88. The minimum atomic E-state index is -0.115. The zero-order valence-corrected chi connectivity index (χ0v) is 15.5. The maximum absolute atomic E-state index is 12.3. The summed E-state index contributed by atoms with van der Waals surface area (Å²) in [5, 5.41) is 3.93. The molecule has 2 aromatic carbocycles. The fraction of sp³-hybridized carbons (Fsp3) is 0.273. The Morgan fingerprint density at radius 3 is 2.62 bits per heavy atom. The highest BCUT2D eigenvalue weighted by molar-refractivity contribution is 5.83. The summed E-state index contributed by atoms with van der Waals surface area (Å²) < 4.78 is 0. The molecule has 1 heterocycles. The van der Waals surface area contributed by atoms with Crippen molar-refractivity contribution >= 4 is 16.8 Å². The monoisotopic (exact) mass is 348 g/mol. The van der Waals surface area contributed by atoms with Gasteiger partial charge in [0.2, 0.25) is 5.91 Å². The summed E-state index contributed by atoms with van der Waals surface area (Å²) in [6.07, 6.45) is 0.725. The molecular weight excluding hydrogens is 324 g/mol. The summed E-state index contributed by atoms with van der Waals surface area (Å²) in [5.74, 6) is -0.0496. The summed E-state index contributed by atoms with van der Waals surface area (Å²) >= 11 is 0. The van der Waals surface area contributed by atoms with Crippen LogP contribution in [0.25, 0.3) is 10.9 Å². The second kappa shape index (κ2) is 7.56. The quantitative estimate of drug-likeness (QED) is 0.738. The number of aromatic amines is 1. The molecule has 0 fully saturated rings. The van der Waals surface area contributed by atoms with Crippen molar-refractivity contribution in [3.63, 3.8) is 0 Å². The SMILES string of the molecule is Cc1cccc(CNC(=O)CCc2cc3cc(C)cc(C)c3[nH]c2=O)c1. The molecule has 0 saturated carbocycles. The summed E-state index contributed by atoms with van der Waals surface area (Å²) in [4.78, 5) is 27.4. The molecule has 0 spiro atoms. The van der Waals surface area contributed by atoms with Crippen LogP contribution in [0, 0.1) is 20.8 Å². The number of benzene rings is 2. The van der Waals surface area contributed by atoms with Crippen molar-refractivity contribution < 1.29 is 4.79 Å². The van der Waals surface area contributed by atoms with E-state index in [1.807, 2.05) is 45.0 Å². The summed E-state index contributed by atoms with van der Waals surface area (Å²) in [6, 6.07) is 14.1. The molecule has 3 aromatic rings. The van der Waals surface area contributed by atoms with Gasteiger partial charge >= 0.3 is 0 Å². The van der Waals surface area contributed by atoms with E-state index in [2.05, 4.69) is 28.5 Å². The molecule has 26 heavy (non-hydrogen) atoms. The van der Waals surface area contributed by atoms with Gasteiger partial charge in [-0.1, -0.05) is 41.5 Å². The molecular formula is C22H24N2O2. The lowest BCUT2D eigenvalue weighted by atomic mass is 10.0. The second-order valence-corrected chi connectivity index (χ2v) is 6.94. The van der Waals surface area contributed by atoms with Crippen LogP contribution in [0.3, 0.4) is 0 Å².